The highest BCUT2D eigenvalue weighted by Crippen LogP contribution is 2.12. The predicted octanol–water partition coefficient (Wildman–Crippen LogP) is 2.74. The van der Waals surface area contributed by atoms with E-state index in [0.29, 0.717) is 0 Å². The van der Waals surface area contributed by atoms with Gasteiger partial charge in [-0.15, -0.1) is 24.8 Å². The molecule has 0 saturated carbocycles. The molecule has 1 aromatic heterocycles. The maximum Gasteiger partial charge on any atom is 0.0645 e. The minimum atomic E-state index is 0. The molecule has 0 aliphatic rings. The average molecular weight is 260 g/mol. The van der Waals surface area contributed by atoms with Crippen LogP contribution in [0.2, 0.25) is 0 Å². The van der Waals surface area contributed by atoms with E-state index in [0.717, 1.165) is 11.3 Å². The first-order chi connectivity index (χ1) is 6.77. The van der Waals surface area contributed by atoms with Crippen LogP contribution in [0.25, 0.3) is 5.69 Å². The Labute approximate surface area is 107 Å². The highest BCUT2D eigenvalue weighted by molar-refractivity contribution is 5.85. The smallest absolute Gasteiger partial charge is 0.0645 e. The quantitative estimate of drug-likeness (QED) is 0.902. The Morgan fingerprint density at radius 2 is 1.81 bits per heavy atom. The van der Waals surface area contributed by atoms with Crippen molar-refractivity contribution < 1.29 is 0 Å². The normalized spacial score (nSPS) is 11.1. The van der Waals surface area contributed by atoms with Crippen LogP contribution in [-0.2, 0) is 0 Å². The largest absolute Gasteiger partial charge is 0.324 e. The molecule has 0 amide bonds. The number of rotatable bonds is 2. The fourth-order valence-corrected chi connectivity index (χ4v) is 1.35. The average Bonchev–Trinajstić information content (AvgIpc) is 2.71. The lowest BCUT2D eigenvalue weighted by Gasteiger charge is -2.06. The molecule has 0 radical (unpaired) electrons. The molecular weight excluding hydrogens is 245 g/mol. The summed E-state index contributed by atoms with van der Waals surface area (Å²) in [6, 6.07) is 10.1. The van der Waals surface area contributed by atoms with Crippen molar-refractivity contribution in [2.45, 2.75) is 13.0 Å². The Hall–Kier alpha value is -1.03. The van der Waals surface area contributed by atoms with Gasteiger partial charge < -0.3 is 5.73 Å². The van der Waals surface area contributed by atoms with Crippen molar-refractivity contribution in [3.8, 4) is 5.69 Å². The molecule has 1 aromatic carbocycles. The molecule has 2 aromatic rings. The number of nitrogens with zero attached hydrogens (tertiary/aromatic N) is 2. The standard InChI is InChI=1S/C11H13N3.2ClH/c1-9(12)10-3-5-11(6-4-10)14-8-2-7-13-14;;/h2-9H,12H2,1H3;2*1H. The van der Waals surface area contributed by atoms with Crippen molar-refractivity contribution in [1.82, 2.24) is 9.78 Å². The molecule has 0 saturated heterocycles. The monoisotopic (exact) mass is 259 g/mol. The van der Waals surface area contributed by atoms with Gasteiger partial charge in [0.25, 0.3) is 0 Å². The summed E-state index contributed by atoms with van der Waals surface area (Å²) in [5.41, 5.74) is 7.95. The van der Waals surface area contributed by atoms with Gasteiger partial charge in [-0.05, 0) is 30.7 Å². The SMILES string of the molecule is CC(N)c1ccc(-n2cccn2)cc1.Cl.Cl. The summed E-state index contributed by atoms with van der Waals surface area (Å²) < 4.78 is 1.82. The molecule has 2 N–H and O–H groups in total. The number of hydrogen-bond acceptors (Lipinski definition) is 2. The third-order valence-electron chi connectivity index (χ3n) is 2.19. The predicted molar refractivity (Wildman–Crippen MR) is 70.7 cm³/mol. The van der Waals surface area contributed by atoms with E-state index in [1.54, 1.807) is 6.20 Å². The number of benzene rings is 1. The molecule has 2 rings (SSSR count). The van der Waals surface area contributed by atoms with Gasteiger partial charge in [-0.25, -0.2) is 4.68 Å². The zero-order valence-electron chi connectivity index (χ0n) is 8.91. The maximum absolute atomic E-state index is 5.76. The van der Waals surface area contributed by atoms with Crippen LogP contribution in [0.15, 0.2) is 42.7 Å². The van der Waals surface area contributed by atoms with Gasteiger partial charge in [-0.1, -0.05) is 12.1 Å². The Balaban J connectivity index is 0.00000112. The Bertz CT molecular complexity index is 396. The topological polar surface area (TPSA) is 43.8 Å². The van der Waals surface area contributed by atoms with Crippen molar-refractivity contribution in [2.75, 3.05) is 0 Å². The molecule has 0 spiro atoms. The van der Waals surface area contributed by atoms with Crippen molar-refractivity contribution in [2.24, 2.45) is 5.73 Å². The zero-order valence-corrected chi connectivity index (χ0v) is 10.5. The van der Waals surface area contributed by atoms with E-state index in [9.17, 15) is 0 Å². The summed E-state index contributed by atoms with van der Waals surface area (Å²) in [7, 11) is 0. The van der Waals surface area contributed by atoms with Crippen LogP contribution in [0, 0.1) is 0 Å². The Kier molecular flexibility index (Phi) is 6.11. The van der Waals surface area contributed by atoms with Crippen LogP contribution in [0.3, 0.4) is 0 Å². The summed E-state index contributed by atoms with van der Waals surface area (Å²) in [6.07, 6.45) is 3.68. The van der Waals surface area contributed by atoms with Crippen molar-refractivity contribution in [1.29, 1.82) is 0 Å². The molecule has 0 bridgehead atoms. The second-order valence-corrected chi connectivity index (χ2v) is 3.33. The summed E-state index contributed by atoms with van der Waals surface area (Å²) >= 11 is 0. The lowest BCUT2D eigenvalue weighted by atomic mass is 10.1. The van der Waals surface area contributed by atoms with Gasteiger partial charge in [0.1, 0.15) is 0 Å². The molecule has 16 heavy (non-hydrogen) atoms. The van der Waals surface area contributed by atoms with E-state index < -0.39 is 0 Å². The van der Waals surface area contributed by atoms with Crippen LogP contribution < -0.4 is 5.73 Å². The summed E-state index contributed by atoms with van der Waals surface area (Å²) in [6.45, 7) is 1.98. The third-order valence-corrected chi connectivity index (χ3v) is 2.19. The van der Waals surface area contributed by atoms with Crippen molar-refractivity contribution >= 4 is 24.8 Å². The zero-order chi connectivity index (χ0) is 9.97. The number of aromatic nitrogens is 2. The Morgan fingerprint density at radius 3 is 2.25 bits per heavy atom. The molecule has 88 valence electrons. The summed E-state index contributed by atoms with van der Waals surface area (Å²) in [5, 5.41) is 4.15. The molecular formula is C11H15Cl2N3. The van der Waals surface area contributed by atoms with E-state index in [4.69, 9.17) is 5.73 Å². The fraction of sp³-hybridized carbons (Fsp3) is 0.182. The van der Waals surface area contributed by atoms with Crippen molar-refractivity contribution in [3.63, 3.8) is 0 Å². The first-order valence-electron chi connectivity index (χ1n) is 4.63. The molecule has 1 heterocycles. The van der Waals surface area contributed by atoms with E-state index in [1.807, 2.05) is 48.1 Å². The summed E-state index contributed by atoms with van der Waals surface area (Å²) in [4.78, 5) is 0. The van der Waals surface area contributed by atoms with E-state index >= 15 is 0 Å². The lowest BCUT2D eigenvalue weighted by molar-refractivity contribution is 0.814. The fourth-order valence-electron chi connectivity index (χ4n) is 1.35. The van der Waals surface area contributed by atoms with Crippen LogP contribution >= 0.6 is 24.8 Å². The van der Waals surface area contributed by atoms with E-state index in [1.165, 1.54) is 0 Å². The van der Waals surface area contributed by atoms with Gasteiger partial charge in [-0.2, -0.15) is 5.10 Å². The van der Waals surface area contributed by atoms with Gasteiger partial charge >= 0.3 is 0 Å². The lowest BCUT2D eigenvalue weighted by Crippen LogP contribution is -2.05. The second-order valence-electron chi connectivity index (χ2n) is 3.33. The first-order valence-corrected chi connectivity index (χ1v) is 4.63. The van der Waals surface area contributed by atoms with E-state index in [-0.39, 0.29) is 30.9 Å². The molecule has 1 atom stereocenters. The van der Waals surface area contributed by atoms with Gasteiger partial charge in [0.2, 0.25) is 0 Å². The van der Waals surface area contributed by atoms with Gasteiger partial charge in [0, 0.05) is 18.4 Å². The van der Waals surface area contributed by atoms with Gasteiger partial charge in [-0.3, -0.25) is 0 Å². The number of hydrogen-bond donors (Lipinski definition) is 1. The number of halogens is 2. The van der Waals surface area contributed by atoms with Crippen LogP contribution in [0.4, 0.5) is 0 Å². The molecule has 0 fully saturated rings. The van der Waals surface area contributed by atoms with Gasteiger partial charge in [0.15, 0.2) is 0 Å². The molecule has 1 unspecified atom stereocenters. The van der Waals surface area contributed by atoms with Crippen LogP contribution in [0.5, 0.6) is 0 Å². The molecule has 0 aliphatic carbocycles. The highest BCUT2D eigenvalue weighted by Gasteiger charge is 1.99. The maximum atomic E-state index is 5.76. The number of nitrogens with two attached hydrogens (primary N) is 1. The highest BCUT2D eigenvalue weighted by atomic mass is 35.5. The Morgan fingerprint density at radius 1 is 1.19 bits per heavy atom. The van der Waals surface area contributed by atoms with Gasteiger partial charge in [0.05, 0.1) is 5.69 Å². The minimum Gasteiger partial charge on any atom is -0.324 e. The molecule has 3 nitrogen and oxygen atoms in total. The molecule has 0 aliphatic heterocycles. The second kappa shape index (κ2) is 6.53. The minimum absolute atomic E-state index is 0. The van der Waals surface area contributed by atoms with E-state index in [2.05, 4.69) is 5.10 Å². The molecule has 5 heteroatoms. The van der Waals surface area contributed by atoms with Crippen molar-refractivity contribution in [3.05, 3.63) is 48.3 Å². The summed E-state index contributed by atoms with van der Waals surface area (Å²) in [5.74, 6) is 0. The first kappa shape index (κ1) is 15.0. The third kappa shape index (κ3) is 3.23. The van der Waals surface area contributed by atoms with Crippen LogP contribution in [0.1, 0.15) is 18.5 Å². The van der Waals surface area contributed by atoms with Crippen LogP contribution in [-0.4, -0.2) is 9.78 Å².